The second-order valence-electron chi connectivity index (χ2n) is 3.78. The maximum Gasteiger partial charge on any atom is 0.0950 e. The van der Waals surface area contributed by atoms with Crippen molar-refractivity contribution in [2.45, 2.75) is 38.0 Å². The number of nitrogens with zero attached hydrogens (tertiary/aromatic N) is 2. The predicted molar refractivity (Wildman–Crippen MR) is 56.4 cm³/mol. The first-order valence-electron chi connectivity index (χ1n) is 4.65. The number of aliphatic hydroxyl groups excluding tert-OH is 1. The van der Waals surface area contributed by atoms with Gasteiger partial charge in [0.1, 0.15) is 0 Å². The summed E-state index contributed by atoms with van der Waals surface area (Å²) in [6.45, 7) is 1.72. The lowest BCUT2D eigenvalue weighted by atomic mass is 9.88. The Morgan fingerprint density at radius 2 is 2.29 bits per heavy atom. The van der Waals surface area contributed by atoms with E-state index in [9.17, 15) is 5.11 Å². The molecule has 0 bridgehead atoms. The summed E-state index contributed by atoms with van der Waals surface area (Å²) in [4.78, 5) is 0. The van der Waals surface area contributed by atoms with Gasteiger partial charge in [0.2, 0.25) is 0 Å². The summed E-state index contributed by atoms with van der Waals surface area (Å²) in [7, 11) is 0. The molecule has 1 aliphatic carbocycles. The number of rotatable bonds is 2. The molecule has 1 unspecified atom stereocenters. The van der Waals surface area contributed by atoms with Gasteiger partial charge in [-0.05, 0) is 25.8 Å². The molecule has 0 aliphatic heterocycles. The Morgan fingerprint density at radius 3 is 2.71 bits per heavy atom. The molecule has 0 amide bonds. The van der Waals surface area contributed by atoms with Gasteiger partial charge >= 0.3 is 0 Å². The van der Waals surface area contributed by atoms with E-state index in [0.717, 1.165) is 18.5 Å². The third kappa shape index (κ3) is 2.08. The second kappa shape index (κ2) is 4.29. The van der Waals surface area contributed by atoms with E-state index >= 15 is 0 Å². The highest BCUT2D eigenvalue weighted by atomic mass is 35.5. The zero-order valence-electron chi connectivity index (χ0n) is 8.13. The minimum atomic E-state index is -0.477. The molecule has 0 radical (unpaired) electrons. The Balaban J connectivity index is 0.000000980. The Morgan fingerprint density at radius 1 is 1.64 bits per heavy atom. The van der Waals surface area contributed by atoms with Gasteiger partial charge in [0.25, 0.3) is 0 Å². The minimum absolute atomic E-state index is 0. The Hall–Kier alpha value is -0.580. The summed E-state index contributed by atoms with van der Waals surface area (Å²) < 4.78 is 1.91. The van der Waals surface area contributed by atoms with Gasteiger partial charge in [-0.2, -0.15) is 5.10 Å². The number of nitrogens with two attached hydrogens (primary N) is 1. The number of aliphatic hydroxyl groups is 1. The molecule has 0 spiro atoms. The van der Waals surface area contributed by atoms with Crippen molar-refractivity contribution in [2.24, 2.45) is 5.73 Å². The van der Waals surface area contributed by atoms with Gasteiger partial charge in [0.15, 0.2) is 0 Å². The van der Waals surface area contributed by atoms with Gasteiger partial charge in [0.05, 0.1) is 17.8 Å². The van der Waals surface area contributed by atoms with Crippen molar-refractivity contribution in [3.05, 3.63) is 18.0 Å². The van der Waals surface area contributed by atoms with Crippen molar-refractivity contribution >= 4 is 12.4 Å². The van der Waals surface area contributed by atoms with Crippen molar-refractivity contribution < 1.29 is 5.11 Å². The van der Waals surface area contributed by atoms with E-state index in [1.54, 1.807) is 6.92 Å². The van der Waals surface area contributed by atoms with E-state index in [-0.39, 0.29) is 12.4 Å². The third-order valence-electron chi connectivity index (χ3n) is 2.58. The van der Waals surface area contributed by atoms with Crippen LogP contribution in [-0.4, -0.2) is 20.9 Å². The van der Waals surface area contributed by atoms with E-state index in [2.05, 4.69) is 5.10 Å². The first-order valence-corrected chi connectivity index (χ1v) is 4.65. The molecule has 1 aromatic rings. The Bertz CT molecular complexity index is 294. The standard InChI is InChI=1S/C9H15N3O.ClH/c1-6(13)9-2-3-12(11-9)8-4-7(10)5-8;/h2-3,6-8,13H,4-5,10H2,1H3;1H. The molecule has 5 heteroatoms. The monoisotopic (exact) mass is 217 g/mol. The number of halogens is 1. The van der Waals surface area contributed by atoms with Crippen molar-refractivity contribution in [1.29, 1.82) is 0 Å². The van der Waals surface area contributed by atoms with E-state index in [1.165, 1.54) is 0 Å². The number of aromatic nitrogens is 2. The number of hydrogen-bond donors (Lipinski definition) is 2. The zero-order valence-corrected chi connectivity index (χ0v) is 8.94. The van der Waals surface area contributed by atoms with Crippen LogP contribution in [0.2, 0.25) is 0 Å². The van der Waals surface area contributed by atoms with Gasteiger partial charge in [-0.15, -0.1) is 12.4 Å². The van der Waals surface area contributed by atoms with Crippen LogP contribution >= 0.6 is 12.4 Å². The molecule has 1 aromatic heterocycles. The summed E-state index contributed by atoms with van der Waals surface area (Å²) in [5.74, 6) is 0. The van der Waals surface area contributed by atoms with E-state index in [0.29, 0.717) is 12.1 Å². The lowest BCUT2D eigenvalue weighted by Crippen LogP contribution is -2.37. The lowest BCUT2D eigenvalue weighted by molar-refractivity contribution is 0.188. The van der Waals surface area contributed by atoms with Gasteiger partial charge in [-0.25, -0.2) is 0 Å². The highest BCUT2D eigenvalue weighted by Gasteiger charge is 2.28. The molecule has 1 atom stereocenters. The average molecular weight is 218 g/mol. The molecule has 3 N–H and O–H groups in total. The summed E-state index contributed by atoms with van der Waals surface area (Å²) >= 11 is 0. The molecular weight excluding hydrogens is 202 g/mol. The summed E-state index contributed by atoms with van der Waals surface area (Å²) in [5, 5.41) is 13.5. The summed E-state index contributed by atoms with van der Waals surface area (Å²) in [6.07, 6.45) is 3.44. The Labute approximate surface area is 89.5 Å². The van der Waals surface area contributed by atoms with Crippen LogP contribution in [-0.2, 0) is 0 Å². The van der Waals surface area contributed by atoms with Crippen molar-refractivity contribution in [3.8, 4) is 0 Å². The average Bonchev–Trinajstić information content (AvgIpc) is 2.46. The summed E-state index contributed by atoms with van der Waals surface area (Å²) in [6, 6.07) is 2.64. The third-order valence-corrected chi connectivity index (χ3v) is 2.58. The van der Waals surface area contributed by atoms with Crippen molar-refractivity contribution in [1.82, 2.24) is 9.78 Å². The maximum atomic E-state index is 9.26. The molecule has 80 valence electrons. The Kier molecular flexibility index (Phi) is 3.53. The van der Waals surface area contributed by atoms with Crippen LogP contribution in [0.5, 0.6) is 0 Å². The van der Waals surface area contributed by atoms with Crippen LogP contribution < -0.4 is 5.73 Å². The highest BCUT2D eigenvalue weighted by molar-refractivity contribution is 5.85. The largest absolute Gasteiger partial charge is 0.387 e. The minimum Gasteiger partial charge on any atom is -0.387 e. The normalized spacial score (nSPS) is 27.6. The summed E-state index contributed by atoms with van der Waals surface area (Å²) in [5.41, 5.74) is 6.42. The van der Waals surface area contributed by atoms with Crippen LogP contribution in [0, 0.1) is 0 Å². The lowest BCUT2D eigenvalue weighted by Gasteiger charge is -2.32. The van der Waals surface area contributed by atoms with Crippen LogP contribution in [0.15, 0.2) is 12.3 Å². The van der Waals surface area contributed by atoms with Gasteiger partial charge < -0.3 is 10.8 Å². The first kappa shape index (κ1) is 11.5. The van der Waals surface area contributed by atoms with E-state index in [4.69, 9.17) is 5.73 Å². The molecule has 1 heterocycles. The smallest absolute Gasteiger partial charge is 0.0950 e. The van der Waals surface area contributed by atoms with Crippen LogP contribution in [0.3, 0.4) is 0 Å². The van der Waals surface area contributed by atoms with Crippen molar-refractivity contribution in [2.75, 3.05) is 0 Å². The second-order valence-corrected chi connectivity index (χ2v) is 3.78. The number of hydrogen-bond acceptors (Lipinski definition) is 3. The van der Waals surface area contributed by atoms with Crippen LogP contribution in [0.25, 0.3) is 0 Å². The molecule has 0 saturated heterocycles. The molecule has 4 nitrogen and oxygen atoms in total. The van der Waals surface area contributed by atoms with Gasteiger partial charge in [0, 0.05) is 12.2 Å². The molecule has 0 aromatic carbocycles. The molecule has 1 fully saturated rings. The first-order chi connectivity index (χ1) is 6.16. The van der Waals surface area contributed by atoms with Crippen LogP contribution in [0.1, 0.15) is 37.6 Å². The molecule has 1 saturated carbocycles. The predicted octanol–water partition coefficient (Wildman–Crippen LogP) is 1.02. The quantitative estimate of drug-likeness (QED) is 0.778. The van der Waals surface area contributed by atoms with E-state index < -0.39 is 6.10 Å². The SMILES string of the molecule is CC(O)c1ccn(C2CC(N)C2)n1.Cl. The molecule has 1 aliphatic rings. The van der Waals surface area contributed by atoms with E-state index in [1.807, 2.05) is 16.9 Å². The van der Waals surface area contributed by atoms with Crippen LogP contribution in [0.4, 0.5) is 0 Å². The fourth-order valence-corrected chi connectivity index (χ4v) is 1.62. The maximum absolute atomic E-state index is 9.26. The zero-order chi connectivity index (χ0) is 9.42. The fourth-order valence-electron chi connectivity index (χ4n) is 1.62. The molecular formula is C9H16ClN3O. The van der Waals surface area contributed by atoms with Gasteiger partial charge in [-0.3, -0.25) is 4.68 Å². The topological polar surface area (TPSA) is 64.1 Å². The molecule has 2 rings (SSSR count). The highest BCUT2D eigenvalue weighted by Crippen LogP contribution is 2.30. The van der Waals surface area contributed by atoms with Gasteiger partial charge in [-0.1, -0.05) is 0 Å². The molecule has 14 heavy (non-hydrogen) atoms. The van der Waals surface area contributed by atoms with Crippen molar-refractivity contribution in [3.63, 3.8) is 0 Å². The fraction of sp³-hybridized carbons (Fsp3) is 0.667.